The van der Waals surface area contributed by atoms with Crippen LogP contribution in [0.5, 0.6) is 0 Å². The molecule has 0 saturated carbocycles. The number of thiazole rings is 1. The maximum Gasteiger partial charge on any atom is 0.251 e. The Hall–Kier alpha value is -2.19. The molecule has 136 valence electrons. The Labute approximate surface area is 159 Å². The van der Waals surface area contributed by atoms with Gasteiger partial charge in [-0.15, -0.1) is 0 Å². The van der Waals surface area contributed by atoms with Crippen molar-refractivity contribution in [1.29, 1.82) is 0 Å². The smallest absolute Gasteiger partial charge is 0.251 e. The molecule has 0 atom stereocenters. The molecular formula is C18H20N4O2S2. The molecule has 1 amide bonds. The van der Waals surface area contributed by atoms with E-state index >= 15 is 0 Å². The maximum atomic E-state index is 12.2. The van der Waals surface area contributed by atoms with Gasteiger partial charge in [0.1, 0.15) is 0 Å². The first-order valence-electron chi connectivity index (χ1n) is 8.43. The monoisotopic (exact) mass is 388 g/mol. The lowest BCUT2D eigenvalue weighted by molar-refractivity contribution is -0.113. The lowest BCUT2D eigenvalue weighted by Gasteiger charge is -2.04. The number of nitrogens with one attached hydrogen (secondary N) is 2. The van der Waals surface area contributed by atoms with E-state index in [9.17, 15) is 9.59 Å². The predicted molar refractivity (Wildman–Crippen MR) is 107 cm³/mol. The Morgan fingerprint density at radius 2 is 2.15 bits per heavy atom. The summed E-state index contributed by atoms with van der Waals surface area (Å²) >= 11 is 2.67. The number of aromatic amines is 1. The van der Waals surface area contributed by atoms with Crippen LogP contribution in [0, 0.1) is 6.92 Å². The zero-order chi connectivity index (χ0) is 18.5. The van der Waals surface area contributed by atoms with E-state index in [4.69, 9.17) is 0 Å². The van der Waals surface area contributed by atoms with Crippen molar-refractivity contribution in [2.45, 2.75) is 38.3 Å². The van der Waals surface area contributed by atoms with Crippen LogP contribution in [-0.2, 0) is 11.2 Å². The number of aryl methyl sites for hydroxylation is 2. The third-order valence-corrected chi connectivity index (χ3v) is 5.50. The molecule has 0 radical (unpaired) electrons. The number of hydrogen-bond acceptors (Lipinski definition) is 6. The average molecular weight is 389 g/mol. The molecule has 0 spiro atoms. The van der Waals surface area contributed by atoms with Gasteiger partial charge in [-0.3, -0.25) is 9.59 Å². The highest BCUT2D eigenvalue weighted by atomic mass is 32.2. The summed E-state index contributed by atoms with van der Waals surface area (Å²) in [5.74, 6) is -0.0119. The van der Waals surface area contributed by atoms with E-state index in [2.05, 4.69) is 27.2 Å². The summed E-state index contributed by atoms with van der Waals surface area (Å²) in [5.41, 5.74) is 2.61. The lowest BCUT2D eigenvalue weighted by Crippen LogP contribution is -2.15. The van der Waals surface area contributed by atoms with Gasteiger partial charge in [0.05, 0.1) is 16.0 Å². The molecule has 0 aliphatic rings. The van der Waals surface area contributed by atoms with E-state index < -0.39 is 0 Å². The first-order valence-corrected chi connectivity index (χ1v) is 10.2. The number of benzene rings is 1. The molecule has 2 heterocycles. The molecule has 0 aliphatic heterocycles. The second-order valence-corrected chi connectivity index (χ2v) is 7.97. The molecule has 2 aromatic heterocycles. The summed E-state index contributed by atoms with van der Waals surface area (Å²) < 4.78 is 1.04. The van der Waals surface area contributed by atoms with Gasteiger partial charge in [-0.1, -0.05) is 42.5 Å². The molecule has 0 saturated heterocycles. The molecule has 0 fully saturated rings. The lowest BCUT2D eigenvalue weighted by atomic mass is 10.2. The summed E-state index contributed by atoms with van der Waals surface area (Å²) in [5, 5.41) is 3.86. The third kappa shape index (κ3) is 4.92. The summed E-state index contributed by atoms with van der Waals surface area (Å²) in [4.78, 5) is 35.4. The Morgan fingerprint density at radius 3 is 2.96 bits per heavy atom. The Morgan fingerprint density at radius 1 is 1.31 bits per heavy atom. The molecule has 0 unspecified atom stereocenters. The van der Waals surface area contributed by atoms with Gasteiger partial charge in [-0.25, -0.2) is 9.97 Å². The fraction of sp³-hybridized carbons (Fsp3) is 0.333. The Balaban J connectivity index is 1.61. The van der Waals surface area contributed by atoms with Crippen molar-refractivity contribution in [3.8, 4) is 0 Å². The van der Waals surface area contributed by atoms with Gasteiger partial charge in [0, 0.05) is 11.8 Å². The second kappa shape index (κ2) is 8.46. The number of amides is 1. The van der Waals surface area contributed by atoms with Crippen LogP contribution in [0.3, 0.4) is 0 Å². The van der Waals surface area contributed by atoms with Gasteiger partial charge in [0.15, 0.2) is 10.3 Å². The van der Waals surface area contributed by atoms with E-state index in [0.717, 1.165) is 40.7 Å². The number of thioether (sulfide) groups is 1. The number of hydrogen-bond donors (Lipinski definition) is 2. The number of fused-ring (bicyclic) bond motifs is 1. The number of carbonyl (C=O) groups excluding carboxylic acids is 1. The number of rotatable bonds is 7. The normalized spacial score (nSPS) is 11.0. The predicted octanol–water partition coefficient (Wildman–Crippen LogP) is 3.76. The minimum Gasteiger partial charge on any atom is -0.301 e. The maximum absolute atomic E-state index is 12.2. The fourth-order valence-electron chi connectivity index (χ4n) is 2.41. The average Bonchev–Trinajstić information content (AvgIpc) is 2.99. The minimum absolute atomic E-state index is 0.162. The minimum atomic E-state index is -0.185. The highest BCUT2D eigenvalue weighted by Crippen LogP contribution is 2.26. The van der Waals surface area contributed by atoms with Crippen molar-refractivity contribution in [1.82, 2.24) is 15.0 Å². The van der Waals surface area contributed by atoms with Crippen molar-refractivity contribution in [3.05, 3.63) is 45.9 Å². The van der Waals surface area contributed by atoms with Crippen molar-refractivity contribution < 1.29 is 4.79 Å². The zero-order valence-electron chi connectivity index (χ0n) is 14.7. The second-order valence-electron chi connectivity index (χ2n) is 5.97. The molecule has 3 rings (SSSR count). The number of carbonyl (C=O) groups is 1. The van der Waals surface area contributed by atoms with Gasteiger partial charge in [0.2, 0.25) is 5.91 Å². The summed E-state index contributed by atoms with van der Waals surface area (Å²) in [6.07, 6.45) is 2.80. The van der Waals surface area contributed by atoms with Gasteiger partial charge < -0.3 is 10.3 Å². The third-order valence-electron chi connectivity index (χ3n) is 3.69. The van der Waals surface area contributed by atoms with Crippen LogP contribution in [0.2, 0.25) is 0 Å². The molecule has 0 aliphatic carbocycles. The van der Waals surface area contributed by atoms with Crippen LogP contribution >= 0.6 is 23.1 Å². The van der Waals surface area contributed by atoms with Gasteiger partial charge in [0.25, 0.3) is 5.56 Å². The van der Waals surface area contributed by atoms with Crippen LogP contribution < -0.4 is 10.9 Å². The zero-order valence-corrected chi connectivity index (χ0v) is 16.3. The SMILES string of the molecule is CCCCc1cc(=O)[nH]c(SCC(=O)Nc2nc3ccc(C)cc3s2)n1. The van der Waals surface area contributed by atoms with E-state index in [1.165, 1.54) is 29.2 Å². The van der Waals surface area contributed by atoms with Gasteiger partial charge >= 0.3 is 0 Å². The van der Waals surface area contributed by atoms with E-state index in [1.807, 2.05) is 25.1 Å². The molecule has 26 heavy (non-hydrogen) atoms. The van der Waals surface area contributed by atoms with Gasteiger partial charge in [-0.05, 0) is 37.5 Å². The fourth-order valence-corrected chi connectivity index (χ4v) is 4.09. The molecule has 6 nitrogen and oxygen atoms in total. The van der Waals surface area contributed by atoms with Crippen molar-refractivity contribution >= 4 is 44.4 Å². The number of anilines is 1. The van der Waals surface area contributed by atoms with Crippen molar-refractivity contribution in [2.75, 3.05) is 11.1 Å². The number of aromatic nitrogens is 3. The van der Waals surface area contributed by atoms with E-state index in [0.29, 0.717) is 10.3 Å². The Bertz CT molecular complexity index is 981. The summed E-state index contributed by atoms with van der Waals surface area (Å²) in [6.45, 7) is 4.12. The van der Waals surface area contributed by atoms with E-state index in [-0.39, 0.29) is 17.2 Å². The van der Waals surface area contributed by atoms with Crippen LogP contribution in [0.25, 0.3) is 10.2 Å². The molecule has 3 aromatic rings. The first-order chi connectivity index (χ1) is 12.5. The first kappa shape index (κ1) is 18.6. The number of nitrogens with zero attached hydrogens (tertiary/aromatic N) is 2. The standard InChI is InChI=1S/C18H20N4O2S2/c1-3-4-5-12-9-15(23)21-17(19-12)25-10-16(24)22-18-20-13-7-6-11(2)8-14(13)26-18/h6-9H,3-5,10H2,1-2H3,(H,19,21,23)(H,20,22,24). The highest BCUT2D eigenvalue weighted by molar-refractivity contribution is 7.99. The van der Waals surface area contributed by atoms with E-state index in [1.54, 1.807) is 0 Å². The largest absolute Gasteiger partial charge is 0.301 e. The number of unbranched alkanes of at least 4 members (excludes halogenated alkanes) is 1. The van der Waals surface area contributed by atoms with Crippen LogP contribution in [0.15, 0.2) is 34.2 Å². The molecule has 2 N–H and O–H groups in total. The summed E-state index contributed by atoms with van der Waals surface area (Å²) in [6, 6.07) is 7.51. The molecular weight excluding hydrogens is 368 g/mol. The highest BCUT2D eigenvalue weighted by Gasteiger charge is 2.10. The van der Waals surface area contributed by atoms with Gasteiger partial charge in [-0.2, -0.15) is 0 Å². The molecule has 1 aromatic carbocycles. The summed E-state index contributed by atoms with van der Waals surface area (Å²) in [7, 11) is 0. The quantitative estimate of drug-likeness (QED) is 0.475. The number of H-pyrrole nitrogens is 1. The van der Waals surface area contributed by atoms with Crippen LogP contribution in [0.1, 0.15) is 31.0 Å². The Kier molecular flexibility index (Phi) is 6.05. The van der Waals surface area contributed by atoms with Crippen molar-refractivity contribution in [3.63, 3.8) is 0 Å². The van der Waals surface area contributed by atoms with Crippen molar-refractivity contribution in [2.24, 2.45) is 0 Å². The topological polar surface area (TPSA) is 87.7 Å². The van der Waals surface area contributed by atoms with Crippen LogP contribution in [-0.4, -0.2) is 26.6 Å². The molecule has 0 bridgehead atoms. The molecule has 8 heteroatoms. The van der Waals surface area contributed by atoms with Crippen LogP contribution in [0.4, 0.5) is 5.13 Å².